The van der Waals surface area contributed by atoms with Crippen molar-refractivity contribution in [2.75, 3.05) is 0 Å². The molecule has 0 fully saturated rings. The number of aromatic nitrogens is 4. The van der Waals surface area contributed by atoms with Gasteiger partial charge in [0.2, 0.25) is 0 Å². The van der Waals surface area contributed by atoms with Gasteiger partial charge in [0.1, 0.15) is 28.5 Å². The largest absolute Gasteiger partial charge is 0.458 e. The maximum absolute atomic E-state index is 10.6. The topological polar surface area (TPSA) is 49.0 Å². The van der Waals surface area contributed by atoms with Crippen LogP contribution in [0.4, 0.5) is 0 Å². The van der Waals surface area contributed by atoms with Crippen molar-refractivity contribution in [2.45, 2.75) is 77.2 Å². The van der Waals surface area contributed by atoms with E-state index in [1.165, 1.54) is 12.1 Å². The van der Waals surface area contributed by atoms with Crippen molar-refractivity contribution in [3.63, 3.8) is 0 Å². The SMILES string of the molecule is [2H]c1c([2H])c([2H])c(-c2cccc3c2-c2cccc(-c4ccc5oc6ccccc6c5c4)c2-[n+]2[c-]n(-c4cccc(Oc5ccc6c7ccccc7n(-c7cc(C(C)(C)C)ccn7)c6c5)c4)c4cc(-c5c([2H])c([2H])c6c(c5[2H])C(C([2H])([2H])[2H])(C([2H])([2H])[2H])C([2H])([2H])C([2H])([2H])C6(C([2H])([2H])[2H])C([2H])([2H])[2H])cc(c42)-c2ccccc2-3)c([2H])c1[2H]. The summed E-state index contributed by atoms with van der Waals surface area (Å²) in [6, 6.07) is 51.4. The lowest BCUT2D eigenvalue weighted by atomic mass is 9.63. The first kappa shape index (κ1) is 34.3. The molecule has 1 aliphatic carbocycles. The third-order valence-corrected chi connectivity index (χ3v) is 17.4. The van der Waals surface area contributed by atoms with Crippen LogP contribution in [0, 0.1) is 6.33 Å². The minimum atomic E-state index is -4.61. The Hall–Kier alpha value is -10.6. The molecule has 6 heteroatoms. The van der Waals surface area contributed by atoms with Crippen LogP contribution >= 0.6 is 0 Å². The van der Waals surface area contributed by atoms with Crippen molar-refractivity contribution >= 4 is 54.8 Å². The molecular weight excluding hydrogens is 1100 g/mol. The lowest BCUT2D eigenvalue weighted by molar-refractivity contribution is -0.570. The van der Waals surface area contributed by atoms with Gasteiger partial charge in [0.15, 0.2) is 0 Å². The molecule has 0 bridgehead atoms. The second kappa shape index (κ2) is 20.0. The molecule has 17 rings (SSSR count). The quantitative estimate of drug-likeness (QED) is 0.118. The molecule has 5 heterocycles. The number of pyridine rings is 1. The van der Waals surface area contributed by atoms with Crippen LogP contribution < -0.4 is 9.30 Å². The zero-order chi connectivity index (χ0) is 81.3. The summed E-state index contributed by atoms with van der Waals surface area (Å²) in [5.74, 6) is 1.35. The fourth-order valence-corrected chi connectivity index (χ4v) is 13.2. The van der Waals surface area contributed by atoms with Gasteiger partial charge in [-0.25, -0.2) is 4.98 Å². The molecule has 11 aromatic carbocycles. The second-order valence-corrected chi connectivity index (χ2v) is 24.0. The summed E-state index contributed by atoms with van der Waals surface area (Å²) in [5.41, 5.74) is -5.10. The average molecular weight is 1190 g/mol. The maximum Gasteiger partial charge on any atom is 0.269 e. The number of para-hydroxylation sites is 3. The Kier molecular flexibility index (Phi) is 7.61. The van der Waals surface area contributed by atoms with Crippen molar-refractivity contribution in [2.24, 2.45) is 0 Å². The number of rotatable bonds is 7. The Morgan fingerprint density at radius 2 is 1.23 bits per heavy atom. The van der Waals surface area contributed by atoms with E-state index in [9.17, 15) is 20.6 Å². The van der Waals surface area contributed by atoms with Gasteiger partial charge in [-0.15, -0.1) is 0 Å². The Bertz CT molecular complexity index is 6590. The number of hydrogen-bond acceptors (Lipinski definition) is 3. The average Bonchev–Trinajstić information content (AvgIpc) is 0.646. The first-order valence-corrected chi connectivity index (χ1v) is 29.4. The van der Waals surface area contributed by atoms with Gasteiger partial charge in [0, 0.05) is 55.7 Å². The van der Waals surface area contributed by atoms with E-state index in [4.69, 9.17) is 26.5 Å². The number of imidazole rings is 1. The normalized spacial score (nSPS) is 19.6. The van der Waals surface area contributed by atoms with Crippen LogP contribution in [0.5, 0.6) is 11.5 Å². The summed E-state index contributed by atoms with van der Waals surface area (Å²) < 4.78 is 244. The van der Waals surface area contributed by atoms with Crippen LogP contribution in [0.15, 0.2) is 253 Å². The van der Waals surface area contributed by atoms with Gasteiger partial charge in [-0.2, -0.15) is 0 Å². The zero-order valence-corrected chi connectivity index (χ0v) is 48.7. The standard InChI is InChI=1S/C84H66N4O2/c1-82(2,3)56-40-43-85-78(48-56)88-73-32-15-13-26-64(73)65-37-36-59(50-74(65)88)89-58-23-17-22-57(49-58)86-51-87-80-61(54-35-39-77-69(44-54)66-27-14-16-33-76(66)90-77)29-19-31-68(80)79-60(52-20-9-8-10-21-52)28-18-30-67(79)62-24-11-12-25-63(62)70-45-55(47-75(86)81(70)87)53-34-38-71-72(46-53)84(6,7)42-41-83(71,4)5/h8-40,43-50H,41-42H2,1-7H3/i4D3,5D3,6D3,7D3,8D,9D,10D,20D,21D,34D,38D,41D2,42D2,46D. The summed E-state index contributed by atoms with van der Waals surface area (Å²) in [6.45, 7) is -10.9. The summed E-state index contributed by atoms with van der Waals surface area (Å²) in [5, 5.41) is 3.40. The van der Waals surface area contributed by atoms with E-state index >= 15 is 0 Å². The fraction of sp³-hybridized carbons (Fsp3) is 0.143. The van der Waals surface area contributed by atoms with Gasteiger partial charge in [-0.1, -0.05) is 212 Å². The number of fused-ring (bicyclic) bond motifs is 14. The molecule has 0 radical (unpaired) electrons. The molecule has 15 aromatic rings. The summed E-state index contributed by atoms with van der Waals surface area (Å²) in [6.07, 6.45) is -3.71. The lowest BCUT2D eigenvalue weighted by Gasteiger charge is -2.42. The van der Waals surface area contributed by atoms with Gasteiger partial charge >= 0.3 is 0 Å². The monoisotopic (exact) mass is 1190 g/mol. The summed E-state index contributed by atoms with van der Waals surface area (Å²) in [7, 11) is 0. The van der Waals surface area contributed by atoms with Gasteiger partial charge in [-0.05, 0) is 185 Å². The molecule has 434 valence electrons. The molecule has 1 aliphatic heterocycles. The van der Waals surface area contributed by atoms with Crippen molar-refractivity contribution in [1.82, 2.24) is 14.1 Å². The maximum atomic E-state index is 10.6. The number of ether oxygens (including phenoxy) is 1. The molecule has 2 aliphatic rings. The Morgan fingerprint density at radius 1 is 0.533 bits per heavy atom. The van der Waals surface area contributed by atoms with E-state index in [0.29, 0.717) is 73.1 Å². The molecule has 0 saturated heterocycles. The molecule has 0 saturated carbocycles. The summed E-state index contributed by atoms with van der Waals surface area (Å²) >= 11 is 0. The number of nitrogens with zero attached hydrogens (tertiary/aromatic N) is 4. The predicted octanol–water partition coefficient (Wildman–Crippen LogP) is 21.9. The van der Waals surface area contributed by atoms with Gasteiger partial charge in [0.25, 0.3) is 6.33 Å². The van der Waals surface area contributed by atoms with Crippen molar-refractivity contribution in [3.8, 4) is 95.5 Å². The first-order chi connectivity index (χ1) is 53.6. The van der Waals surface area contributed by atoms with E-state index in [-0.39, 0.29) is 44.5 Å². The van der Waals surface area contributed by atoms with Gasteiger partial charge in [-0.3, -0.25) is 13.7 Å². The number of furan rings is 1. The highest BCUT2D eigenvalue weighted by Crippen LogP contribution is 2.52. The molecule has 0 N–H and O–H groups in total. The van der Waals surface area contributed by atoms with Crippen LogP contribution in [0.2, 0.25) is 0 Å². The lowest BCUT2D eigenvalue weighted by Crippen LogP contribution is -2.33. The smallest absolute Gasteiger partial charge is 0.269 e. The van der Waals surface area contributed by atoms with E-state index in [2.05, 4.69) is 37.7 Å². The van der Waals surface area contributed by atoms with Crippen LogP contribution in [0.25, 0.3) is 139 Å². The molecule has 4 aromatic heterocycles. The van der Waals surface area contributed by atoms with Gasteiger partial charge < -0.3 is 9.15 Å². The van der Waals surface area contributed by atoms with Crippen LogP contribution in [0.3, 0.4) is 0 Å². The Labute approximate surface area is 558 Å². The highest BCUT2D eigenvalue weighted by atomic mass is 16.5. The van der Waals surface area contributed by atoms with Crippen LogP contribution in [0.1, 0.15) is 111 Å². The molecule has 0 unspecified atom stereocenters. The van der Waals surface area contributed by atoms with E-state index < -0.39 is 116 Å². The first-order valence-electron chi connectivity index (χ1n) is 41.4. The van der Waals surface area contributed by atoms with Crippen LogP contribution in [-0.2, 0) is 16.2 Å². The second-order valence-electron chi connectivity index (χ2n) is 24.0. The minimum absolute atomic E-state index is 0.117. The summed E-state index contributed by atoms with van der Waals surface area (Å²) in [4.78, 5) is 4.88. The van der Waals surface area contributed by atoms with Gasteiger partial charge in [0.05, 0.1) is 44.4 Å². The number of hydrogen-bond donors (Lipinski definition) is 0. The molecule has 0 atom stereocenters. The molecule has 90 heavy (non-hydrogen) atoms. The fourth-order valence-electron chi connectivity index (χ4n) is 13.2. The van der Waals surface area contributed by atoms with Crippen molar-refractivity contribution in [3.05, 3.63) is 272 Å². The zero-order valence-electron chi connectivity index (χ0n) is 72.7. The number of benzene rings is 11. The van der Waals surface area contributed by atoms with E-state index in [0.717, 1.165) is 38.1 Å². The van der Waals surface area contributed by atoms with E-state index in [1.54, 1.807) is 82.1 Å². The van der Waals surface area contributed by atoms with E-state index in [1.807, 2.05) is 109 Å². The highest BCUT2D eigenvalue weighted by molar-refractivity contribution is 6.11. The van der Waals surface area contributed by atoms with Crippen molar-refractivity contribution in [1.29, 1.82) is 0 Å². The molecular formula is C84H66N4O2. The predicted molar refractivity (Wildman–Crippen MR) is 370 cm³/mol. The Balaban J connectivity index is 1.02. The molecule has 0 amide bonds. The third-order valence-electron chi connectivity index (χ3n) is 17.4. The highest BCUT2D eigenvalue weighted by Gasteiger charge is 2.38. The van der Waals surface area contributed by atoms with Crippen LogP contribution in [-0.4, -0.2) is 14.1 Å². The molecule has 6 nitrogen and oxygen atoms in total. The van der Waals surface area contributed by atoms with Crippen molar-refractivity contribution < 1.29 is 46.6 Å². The minimum Gasteiger partial charge on any atom is -0.458 e. The third kappa shape index (κ3) is 8.52. The molecule has 0 spiro atoms. The Morgan fingerprint density at radius 3 is 2.07 bits per heavy atom.